The fraction of sp³-hybridized carbons (Fsp3) is 0.154. The molecular formula is C26H22FN3O2S. The molecule has 3 heterocycles. The molecule has 2 atom stereocenters. The first-order valence-electron chi connectivity index (χ1n) is 10.7. The lowest BCUT2D eigenvalue weighted by molar-refractivity contribution is 0.340. The molecule has 1 aliphatic heterocycles. The number of benzene rings is 2. The van der Waals surface area contributed by atoms with Crippen molar-refractivity contribution in [2.24, 2.45) is 0 Å². The van der Waals surface area contributed by atoms with Gasteiger partial charge in [0.1, 0.15) is 29.1 Å². The van der Waals surface area contributed by atoms with Crippen LogP contribution in [-0.2, 0) is 0 Å². The van der Waals surface area contributed by atoms with Gasteiger partial charge in [-0.1, -0.05) is 6.07 Å². The molecule has 5 rings (SSSR count). The Morgan fingerprint density at radius 1 is 1.03 bits per heavy atom. The lowest BCUT2D eigenvalue weighted by atomic mass is 10.0. The zero-order valence-corrected chi connectivity index (χ0v) is 18.8. The molecule has 0 spiro atoms. The van der Waals surface area contributed by atoms with Gasteiger partial charge < -0.3 is 19.4 Å². The Bertz CT molecular complexity index is 1240. The van der Waals surface area contributed by atoms with Crippen LogP contribution in [0.25, 0.3) is 11.3 Å². The number of rotatable bonds is 6. The number of anilines is 1. The molecule has 0 amide bonds. The summed E-state index contributed by atoms with van der Waals surface area (Å²) >= 11 is 5.69. The van der Waals surface area contributed by atoms with Crippen LogP contribution < -0.4 is 15.0 Å². The maximum absolute atomic E-state index is 13.6. The van der Waals surface area contributed by atoms with Gasteiger partial charge in [-0.25, -0.2) is 4.39 Å². The fourth-order valence-electron chi connectivity index (χ4n) is 4.07. The van der Waals surface area contributed by atoms with Crippen LogP contribution in [0.15, 0.2) is 89.5 Å². The first kappa shape index (κ1) is 21.2. The largest absolute Gasteiger partial charge is 0.494 e. The predicted molar refractivity (Wildman–Crippen MR) is 130 cm³/mol. The number of aromatic nitrogens is 1. The molecule has 1 saturated heterocycles. The van der Waals surface area contributed by atoms with E-state index in [0.29, 0.717) is 11.7 Å². The van der Waals surface area contributed by atoms with Gasteiger partial charge in [0, 0.05) is 17.4 Å². The molecule has 4 aromatic rings. The minimum absolute atomic E-state index is 0.233. The third kappa shape index (κ3) is 4.19. The monoisotopic (exact) mass is 459 g/mol. The summed E-state index contributed by atoms with van der Waals surface area (Å²) < 4.78 is 25.5. The first-order chi connectivity index (χ1) is 16.1. The van der Waals surface area contributed by atoms with Crippen molar-refractivity contribution >= 4 is 23.0 Å². The van der Waals surface area contributed by atoms with Crippen LogP contribution in [0, 0.1) is 5.82 Å². The number of hydrogen-bond donors (Lipinski definition) is 1. The Labute approximate surface area is 196 Å². The van der Waals surface area contributed by atoms with Crippen LogP contribution in [0.5, 0.6) is 5.75 Å². The van der Waals surface area contributed by atoms with Crippen LogP contribution in [-0.4, -0.2) is 16.7 Å². The van der Waals surface area contributed by atoms with Crippen molar-refractivity contribution in [3.05, 3.63) is 102 Å². The smallest absolute Gasteiger partial charge is 0.174 e. The second-order valence-electron chi connectivity index (χ2n) is 7.63. The van der Waals surface area contributed by atoms with Gasteiger partial charge in [0.25, 0.3) is 0 Å². The van der Waals surface area contributed by atoms with E-state index in [-0.39, 0.29) is 17.9 Å². The highest BCUT2D eigenvalue weighted by molar-refractivity contribution is 7.80. The average molecular weight is 460 g/mol. The van der Waals surface area contributed by atoms with E-state index in [2.05, 4.69) is 10.3 Å². The molecule has 0 radical (unpaired) electrons. The molecule has 0 unspecified atom stereocenters. The van der Waals surface area contributed by atoms with E-state index in [1.165, 1.54) is 12.1 Å². The molecule has 5 nitrogen and oxygen atoms in total. The van der Waals surface area contributed by atoms with Crippen molar-refractivity contribution < 1.29 is 13.5 Å². The molecule has 2 aromatic carbocycles. The Kier molecular flexibility index (Phi) is 5.79. The number of ether oxygens (including phenoxy) is 1. The topological polar surface area (TPSA) is 50.5 Å². The van der Waals surface area contributed by atoms with Crippen molar-refractivity contribution in [1.82, 2.24) is 10.3 Å². The Balaban J connectivity index is 1.54. The third-order valence-corrected chi connectivity index (χ3v) is 5.89. The Morgan fingerprint density at radius 2 is 1.82 bits per heavy atom. The maximum atomic E-state index is 13.6. The van der Waals surface area contributed by atoms with E-state index in [4.69, 9.17) is 21.4 Å². The normalized spacial score (nSPS) is 17.8. The lowest BCUT2D eigenvalue weighted by Gasteiger charge is -2.26. The molecule has 1 N–H and O–H groups in total. The highest BCUT2D eigenvalue weighted by Crippen LogP contribution is 2.43. The summed E-state index contributed by atoms with van der Waals surface area (Å²) in [4.78, 5) is 6.49. The quantitative estimate of drug-likeness (QED) is 0.354. The summed E-state index contributed by atoms with van der Waals surface area (Å²) in [5, 5.41) is 3.91. The minimum atomic E-state index is -0.301. The van der Waals surface area contributed by atoms with Crippen molar-refractivity contribution in [2.75, 3.05) is 11.5 Å². The molecule has 0 aliphatic carbocycles. The number of thiocarbonyl (C=S) groups is 1. The van der Waals surface area contributed by atoms with Crippen LogP contribution in [0.2, 0.25) is 0 Å². The lowest BCUT2D eigenvalue weighted by Crippen LogP contribution is -2.29. The zero-order valence-electron chi connectivity index (χ0n) is 17.9. The van der Waals surface area contributed by atoms with Gasteiger partial charge >= 0.3 is 0 Å². The summed E-state index contributed by atoms with van der Waals surface area (Å²) in [6, 6.07) is 23.2. The molecule has 0 saturated carbocycles. The summed E-state index contributed by atoms with van der Waals surface area (Å²) in [5.41, 5.74) is 2.56. The van der Waals surface area contributed by atoms with Crippen molar-refractivity contribution in [3.63, 3.8) is 0 Å². The van der Waals surface area contributed by atoms with Gasteiger partial charge in [0.2, 0.25) is 0 Å². The van der Waals surface area contributed by atoms with E-state index in [1.54, 1.807) is 18.3 Å². The number of nitrogens with one attached hydrogen (secondary N) is 1. The highest BCUT2D eigenvalue weighted by Gasteiger charge is 2.42. The van der Waals surface area contributed by atoms with Gasteiger partial charge in [-0.15, -0.1) is 0 Å². The van der Waals surface area contributed by atoms with Crippen LogP contribution >= 0.6 is 12.2 Å². The molecule has 1 aliphatic rings. The maximum Gasteiger partial charge on any atom is 0.174 e. The Morgan fingerprint density at radius 3 is 2.52 bits per heavy atom. The number of halogens is 1. The Hall–Kier alpha value is -3.71. The fourth-order valence-corrected chi connectivity index (χ4v) is 4.42. The summed E-state index contributed by atoms with van der Waals surface area (Å²) in [5.74, 6) is 1.98. The number of pyridine rings is 1. The third-order valence-electron chi connectivity index (χ3n) is 5.57. The zero-order chi connectivity index (χ0) is 22.8. The minimum Gasteiger partial charge on any atom is -0.494 e. The van der Waals surface area contributed by atoms with Crippen molar-refractivity contribution in [1.29, 1.82) is 0 Å². The molecular weight excluding hydrogens is 437 g/mol. The van der Waals surface area contributed by atoms with E-state index < -0.39 is 0 Å². The van der Waals surface area contributed by atoms with Gasteiger partial charge in [-0.2, -0.15) is 0 Å². The summed E-state index contributed by atoms with van der Waals surface area (Å²) in [7, 11) is 0. The summed E-state index contributed by atoms with van der Waals surface area (Å²) in [6.45, 7) is 2.57. The number of furan rings is 1. The molecule has 1 fully saturated rings. The molecule has 2 aromatic heterocycles. The van der Waals surface area contributed by atoms with Gasteiger partial charge in [-0.3, -0.25) is 4.98 Å². The standard InChI is InChI=1S/C26H22FN3O2S/c1-2-31-20-12-6-17(7-13-20)22-14-15-23(32-22)25-24(21-5-3-4-16-28-21)29-26(33)30(25)19-10-8-18(27)9-11-19/h3-16,24-25H,2H2,1H3,(H,29,33)/t24-,25-/m1/s1. The van der Waals surface area contributed by atoms with Gasteiger partial charge in [0.15, 0.2) is 5.11 Å². The van der Waals surface area contributed by atoms with Crippen LogP contribution in [0.1, 0.15) is 30.5 Å². The van der Waals surface area contributed by atoms with Gasteiger partial charge in [0.05, 0.1) is 18.3 Å². The van der Waals surface area contributed by atoms with Gasteiger partial charge in [-0.05, 0) is 91.9 Å². The molecule has 33 heavy (non-hydrogen) atoms. The molecule has 0 bridgehead atoms. The molecule has 166 valence electrons. The van der Waals surface area contributed by atoms with Crippen LogP contribution in [0.4, 0.5) is 10.1 Å². The predicted octanol–water partition coefficient (Wildman–Crippen LogP) is 6.06. The molecule has 7 heteroatoms. The van der Waals surface area contributed by atoms with Crippen molar-refractivity contribution in [3.8, 4) is 17.1 Å². The van der Waals surface area contributed by atoms with Crippen LogP contribution in [0.3, 0.4) is 0 Å². The van der Waals surface area contributed by atoms with E-state index >= 15 is 0 Å². The number of nitrogens with zero attached hydrogens (tertiary/aromatic N) is 2. The van der Waals surface area contributed by atoms with Crippen molar-refractivity contribution in [2.45, 2.75) is 19.0 Å². The second kappa shape index (κ2) is 9.03. The number of hydrogen-bond acceptors (Lipinski definition) is 4. The highest BCUT2D eigenvalue weighted by atomic mass is 32.1. The summed E-state index contributed by atoms with van der Waals surface area (Å²) in [6.07, 6.45) is 1.76. The average Bonchev–Trinajstić information content (AvgIpc) is 3.46. The second-order valence-corrected chi connectivity index (χ2v) is 8.02. The first-order valence-corrected chi connectivity index (χ1v) is 11.1. The van der Waals surface area contributed by atoms with E-state index in [1.807, 2.05) is 66.4 Å². The van der Waals surface area contributed by atoms with E-state index in [0.717, 1.165) is 34.2 Å². The SMILES string of the molecule is CCOc1ccc(-c2ccc([C@@H]3[C@@H](c4ccccn4)NC(=S)N3c3ccc(F)cc3)o2)cc1. The van der Waals surface area contributed by atoms with E-state index in [9.17, 15) is 4.39 Å².